The van der Waals surface area contributed by atoms with Crippen LogP contribution in [0.2, 0.25) is 0 Å². The summed E-state index contributed by atoms with van der Waals surface area (Å²) in [5.41, 5.74) is 6.58. The van der Waals surface area contributed by atoms with Crippen molar-refractivity contribution in [3.8, 4) is 11.5 Å². The first-order valence-electron chi connectivity index (χ1n) is 7.73. The van der Waals surface area contributed by atoms with Crippen LogP contribution in [0.4, 0.5) is 0 Å². The average molecular weight is 288 g/mol. The first-order chi connectivity index (χ1) is 10.2. The second kappa shape index (κ2) is 6.08. The molecule has 3 rings (SSSR count). The van der Waals surface area contributed by atoms with E-state index in [2.05, 4.69) is 17.1 Å². The molecule has 2 N–H and O–H groups in total. The Morgan fingerprint density at radius 2 is 2.14 bits per heavy atom. The lowest BCUT2D eigenvalue weighted by atomic mass is 9.88. The van der Waals surface area contributed by atoms with Crippen molar-refractivity contribution in [2.45, 2.75) is 24.9 Å². The number of fused-ring (bicyclic) bond motifs is 1. The molecule has 0 unspecified atom stereocenters. The first-order valence-corrected chi connectivity index (χ1v) is 7.73. The molecule has 2 aliphatic heterocycles. The molecular formula is C17H24N2O2. The Balaban J connectivity index is 1.69. The predicted octanol–water partition coefficient (Wildman–Crippen LogP) is 2.28. The third-order valence-electron chi connectivity index (χ3n) is 4.48. The highest BCUT2D eigenvalue weighted by atomic mass is 16.5. The quantitative estimate of drug-likeness (QED) is 0.923. The minimum Gasteiger partial charge on any atom is -0.497 e. The Kier molecular flexibility index (Phi) is 4.17. The van der Waals surface area contributed by atoms with Gasteiger partial charge in [-0.15, -0.1) is 0 Å². The van der Waals surface area contributed by atoms with Gasteiger partial charge < -0.3 is 20.1 Å². The summed E-state index contributed by atoms with van der Waals surface area (Å²) >= 11 is 0. The van der Waals surface area contributed by atoms with E-state index in [9.17, 15) is 0 Å². The SMILES string of the molecule is COc1ccc2c(c1)OC1(C=C2)CCN(CCCN)CC1. The number of rotatable bonds is 4. The number of benzene rings is 1. The lowest BCUT2D eigenvalue weighted by Gasteiger charge is -2.42. The number of hydrogen-bond acceptors (Lipinski definition) is 4. The van der Waals surface area contributed by atoms with Crippen LogP contribution in [0.5, 0.6) is 11.5 Å². The molecule has 1 saturated heterocycles. The normalized spacial score (nSPS) is 20.1. The Bertz CT molecular complexity index is 520. The molecule has 0 aliphatic carbocycles. The van der Waals surface area contributed by atoms with Crippen LogP contribution in [0.15, 0.2) is 24.3 Å². The van der Waals surface area contributed by atoms with Crippen LogP contribution in [-0.4, -0.2) is 43.8 Å². The van der Waals surface area contributed by atoms with Gasteiger partial charge in [-0.25, -0.2) is 0 Å². The lowest BCUT2D eigenvalue weighted by Crippen LogP contribution is -2.47. The molecule has 0 saturated carbocycles. The van der Waals surface area contributed by atoms with Crippen molar-refractivity contribution in [3.63, 3.8) is 0 Å². The number of ether oxygens (including phenoxy) is 2. The standard InChI is InChI=1S/C17H24N2O2/c1-20-15-4-3-14-5-6-17(21-16(14)13-15)7-11-19(12-8-17)10-2-9-18/h3-6,13H,2,7-12,18H2,1H3. The third-order valence-corrected chi connectivity index (χ3v) is 4.48. The summed E-state index contributed by atoms with van der Waals surface area (Å²) in [5, 5.41) is 0. The summed E-state index contributed by atoms with van der Waals surface area (Å²) in [7, 11) is 1.69. The van der Waals surface area contributed by atoms with Crippen LogP contribution in [0.3, 0.4) is 0 Å². The van der Waals surface area contributed by atoms with E-state index in [0.29, 0.717) is 0 Å². The van der Waals surface area contributed by atoms with Gasteiger partial charge in [0, 0.05) is 37.6 Å². The molecule has 4 nitrogen and oxygen atoms in total. The van der Waals surface area contributed by atoms with Crippen molar-refractivity contribution < 1.29 is 9.47 Å². The molecule has 2 heterocycles. The number of piperidine rings is 1. The van der Waals surface area contributed by atoms with Gasteiger partial charge in [-0.05, 0) is 37.7 Å². The highest BCUT2D eigenvalue weighted by molar-refractivity contribution is 5.62. The zero-order valence-corrected chi connectivity index (χ0v) is 12.7. The number of methoxy groups -OCH3 is 1. The fraction of sp³-hybridized carbons (Fsp3) is 0.529. The van der Waals surface area contributed by atoms with E-state index in [-0.39, 0.29) is 5.60 Å². The molecule has 0 atom stereocenters. The van der Waals surface area contributed by atoms with Crippen molar-refractivity contribution in [3.05, 3.63) is 29.8 Å². The van der Waals surface area contributed by atoms with Crippen molar-refractivity contribution >= 4 is 6.08 Å². The van der Waals surface area contributed by atoms with E-state index in [0.717, 1.165) is 62.5 Å². The van der Waals surface area contributed by atoms with Gasteiger partial charge in [0.15, 0.2) is 0 Å². The summed E-state index contributed by atoms with van der Waals surface area (Å²) in [6.07, 6.45) is 7.56. The summed E-state index contributed by atoms with van der Waals surface area (Å²) in [6, 6.07) is 6.01. The van der Waals surface area contributed by atoms with Crippen LogP contribution in [0, 0.1) is 0 Å². The molecule has 1 spiro atoms. The average Bonchev–Trinajstić information content (AvgIpc) is 2.54. The minimum absolute atomic E-state index is 0.140. The number of nitrogens with two attached hydrogens (primary N) is 1. The van der Waals surface area contributed by atoms with Gasteiger partial charge >= 0.3 is 0 Å². The van der Waals surface area contributed by atoms with E-state index in [1.807, 2.05) is 18.2 Å². The van der Waals surface area contributed by atoms with E-state index < -0.39 is 0 Å². The fourth-order valence-electron chi connectivity index (χ4n) is 3.10. The van der Waals surface area contributed by atoms with Crippen molar-refractivity contribution in [1.82, 2.24) is 4.90 Å². The smallest absolute Gasteiger partial charge is 0.131 e. The maximum absolute atomic E-state index is 6.34. The van der Waals surface area contributed by atoms with E-state index in [4.69, 9.17) is 15.2 Å². The van der Waals surface area contributed by atoms with E-state index in [1.165, 1.54) is 0 Å². The fourth-order valence-corrected chi connectivity index (χ4v) is 3.10. The summed E-state index contributed by atoms with van der Waals surface area (Å²) in [5.74, 6) is 1.78. The number of hydrogen-bond donors (Lipinski definition) is 1. The molecule has 1 fully saturated rings. The van der Waals surface area contributed by atoms with Crippen molar-refractivity contribution in [2.24, 2.45) is 5.73 Å². The molecule has 0 bridgehead atoms. The summed E-state index contributed by atoms with van der Waals surface area (Å²) in [4.78, 5) is 2.48. The van der Waals surface area contributed by atoms with Crippen LogP contribution >= 0.6 is 0 Å². The summed E-state index contributed by atoms with van der Waals surface area (Å²) < 4.78 is 11.6. The van der Waals surface area contributed by atoms with E-state index in [1.54, 1.807) is 7.11 Å². The lowest BCUT2D eigenvalue weighted by molar-refractivity contribution is 0.0385. The van der Waals surface area contributed by atoms with Gasteiger partial charge in [0.2, 0.25) is 0 Å². The Labute approximate surface area is 126 Å². The second-order valence-electron chi connectivity index (χ2n) is 5.89. The van der Waals surface area contributed by atoms with Crippen LogP contribution in [0.1, 0.15) is 24.8 Å². The Morgan fingerprint density at radius 3 is 2.86 bits per heavy atom. The second-order valence-corrected chi connectivity index (χ2v) is 5.89. The molecule has 1 aromatic rings. The zero-order chi connectivity index (χ0) is 14.7. The van der Waals surface area contributed by atoms with E-state index >= 15 is 0 Å². The number of likely N-dealkylation sites (tertiary alicyclic amines) is 1. The molecule has 1 aromatic carbocycles. The minimum atomic E-state index is -0.140. The Hall–Kier alpha value is -1.52. The Morgan fingerprint density at radius 1 is 1.33 bits per heavy atom. The van der Waals surface area contributed by atoms with Crippen molar-refractivity contribution in [1.29, 1.82) is 0 Å². The maximum atomic E-state index is 6.34. The topological polar surface area (TPSA) is 47.7 Å². The third kappa shape index (κ3) is 3.06. The largest absolute Gasteiger partial charge is 0.497 e. The molecule has 0 aromatic heterocycles. The highest BCUT2D eigenvalue weighted by Gasteiger charge is 2.36. The molecule has 0 radical (unpaired) electrons. The zero-order valence-electron chi connectivity index (χ0n) is 12.7. The van der Waals surface area contributed by atoms with Gasteiger partial charge in [-0.2, -0.15) is 0 Å². The predicted molar refractivity (Wildman–Crippen MR) is 84.7 cm³/mol. The van der Waals surface area contributed by atoms with Gasteiger partial charge in [0.05, 0.1) is 7.11 Å². The monoisotopic (exact) mass is 288 g/mol. The van der Waals surface area contributed by atoms with Crippen molar-refractivity contribution in [2.75, 3.05) is 33.3 Å². The van der Waals surface area contributed by atoms with Crippen LogP contribution in [-0.2, 0) is 0 Å². The molecule has 4 heteroatoms. The van der Waals surface area contributed by atoms with Crippen LogP contribution in [0.25, 0.3) is 6.08 Å². The van der Waals surface area contributed by atoms with Gasteiger partial charge in [-0.1, -0.05) is 6.08 Å². The van der Waals surface area contributed by atoms with Gasteiger partial charge in [0.1, 0.15) is 17.1 Å². The number of nitrogens with zero attached hydrogens (tertiary/aromatic N) is 1. The molecular weight excluding hydrogens is 264 g/mol. The van der Waals surface area contributed by atoms with Crippen LogP contribution < -0.4 is 15.2 Å². The van der Waals surface area contributed by atoms with Gasteiger partial charge in [-0.3, -0.25) is 0 Å². The molecule has 2 aliphatic rings. The molecule has 114 valence electrons. The first kappa shape index (κ1) is 14.4. The summed E-state index contributed by atoms with van der Waals surface area (Å²) in [6.45, 7) is 4.01. The molecule has 0 amide bonds. The maximum Gasteiger partial charge on any atom is 0.131 e. The highest BCUT2D eigenvalue weighted by Crippen LogP contribution is 2.38. The van der Waals surface area contributed by atoms with Gasteiger partial charge in [0.25, 0.3) is 0 Å². The molecule has 21 heavy (non-hydrogen) atoms.